The van der Waals surface area contributed by atoms with Gasteiger partial charge in [0.25, 0.3) is 5.91 Å². The number of carbonyl (C=O) groups excluding carboxylic acids is 1. The summed E-state index contributed by atoms with van der Waals surface area (Å²) in [5, 5.41) is 11.6. The van der Waals surface area contributed by atoms with Crippen LogP contribution >= 0.6 is 0 Å². The molecule has 1 aliphatic heterocycles. The van der Waals surface area contributed by atoms with Gasteiger partial charge in [-0.25, -0.2) is 10.1 Å². The number of rotatable bonds is 2. The Balaban J connectivity index is 2.42. The van der Waals surface area contributed by atoms with Gasteiger partial charge in [-0.1, -0.05) is 13.8 Å². The maximum atomic E-state index is 12.0. The number of carbonyl (C=O) groups is 1. The number of aromatic nitrogens is 4. The molecule has 1 atom stereocenters. The predicted octanol–water partition coefficient (Wildman–Crippen LogP) is 0.130. The first-order valence-corrected chi connectivity index (χ1v) is 5.77. The molecule has 2 heterocycles. The number of amides is 1. The van der Waals surface area contributed by atoms with E-state index < -0.39 is 5.54 Å². The smallest absolute Gasteiger partial charge is 0.259 e. The molecule has 1 aliphatic rings. The molecule has 0 aromatic carbocycles. The highest BCUT2D eigenvalue weighted by atomic mass is 16.2. The maximum Gasteiger partial charge on any atom is 0.259 e. The van der Waals surface area contributed by atoms with Crippen molar-refractivity contribution in [2.75, 3.05) is 0 Å². The van der Waals surface area contributed by atoms with E-state index in [2.05, 4.69) is 40.2 Å². The molecule has 1 amide bonds. The van der Waals surface area contributed by atoms with E-state index in [1.807, 2.05) is 13.8 Å². The van der Waals surface area contributed by atoms with Gasteiger partial charge in [0.15, 0.2) is 5.82 Å². The van der Waals surface area contributed by atoms with Gasteiger partial charge in [0.05, 0.1) is 5.54 Å². The number of nitrogens with zero attached hydrogens (tertiary/aromatic N) is 4. The van der Waals surface area contributed by atoms with Crippen molar-refractivity contribution in [2.45, 2.75) is 45.7 Å². The quantitative estimate of drug-likeness (QED) is 0.765. The molecule has 7 nitrogen and oxygen atoms in total. The molecule has 0 radical (unpaired) electrons. The second-order valence-electron chi connectivity index (χ2n) is 5.33. The van der Waals surface area contributed by atoms with Crippen molar-refractivity contribution in [3.8, 4) is 0 Å². The second kappa shape index (κ2) is 4.06. The third-order valence-electron chi connectivity index (χ3n) is 2.84. The minimum absolute atomic E-state index is 0.0992. The van der Waals surface area contributed by atoms with E-state index in [-0.39, 0.29) is 11.9 Å². The van der Waals surface area contributed by atoms with Gasteiger partial charge < -0.3 is 0 Å². The highest BCUT2D eigenvalue weighted by Crippen LogP contribution is 2.25. The summed E-state index contributed by atoms with van der Waals surface area (Å²) in [6, 6.07) is -0.353. The summed E-state index contributed by atoms with van der Waals surface area (Å²) in [4.78, 5) is 12.0. The van der Waals surface area contributed by atoms with Crippen LogP contribution in [-0.4, -0.2) is 26.1 Å². The molecule has 94 valence electrons. The summed E-state index contributed by atoms with van der Waals surface area (Å²) in [6.45, 7) is 7.99. The van der Waals surface area contributed by atoms with E-state index in [1.165, 1.54) is 0 Å². The van der Waals surface area contributed by atoms with Gasteiger partial charge in [-0.15, -0.1) is 5.10 Å². The molecule has 1 unspecified atom stereocenters. The fraction of sp³-hybridized carbons (Fsp3) is 0.800. The molecule has 0 aliphatic carbocycles. The average molecular weight is 238 g/mol. The Morgan fingerprint density at radius 3 is 2.82 bits per heavy atom. The molecule has 0 saturated heterocycles. The molecular formula is C10H18N6O. The average Bonchev–Trinajstić information content (AvgIpc) is 2.68. The van der Waals surface area contributed by atoms with E-state index in [0.717, 1.165) is 0 Å². The monoisotopic (exact) mass is 238 g/mol. The first-order valence-electron chi connectivity index (χ1n) is 5.77. The fourth-order valence-electron chi connectivity index (χ4n) is 1.94. The summed E-state index contributed by atoms with van der Waals surface area (Å²) in [5.74, 6) is 0.961. The van der Waals surface area contributed by atoms with Crippen LogP contribution in [0.4, 0.5) is 0 Å². The molecule has 0 fully saturated rings. The molecule has 2 rings (SSSR count). The lowest BCUT2D eigenvalue weighted by Crippen LogP contribution is -2.47. The van der Waals surface area contributed by atoms with Crippen LogP contribution in [0.1, 0.15) is 46.0 Å². The first-order chi connectivity index (χ1) is 7.92. The van der Waals surface area contributed by atoms with E-state index >= 15 is 0 Å². The molecule has 1 aromatic rings. The highest BCUT2D eigenvalue weighted by Gasteiger charge is 2.37. The number of tetrazole rings is 1. The third kappa shape index (κ3) is 2.14. The van der Waals surface area contributed by atoms with Crippen molar-refractivity contribution >= 4 is 5.91 Å². The van der Waals surface area contributed by atoms with Crippen LogP contribution in [0.15, 0.2) is 0 Å². The SMILES string of the molecule is CC(C)CC1C(=O)NNC(C)(C)c2nnnn21. The summed E-state index contributed by atoms with van der Waals surface area (Å²) >= 11 is 0. The van der Waals surface area contributed by atoms with Gasteiger partial charge in [-0.05, 0) is 36.6 Å². The maximum absolute atomic E-state index is 12.0. The number of hydrogen-bond acceptors (Lipinski definition) is 5. The zero-order valence-electron chi connectivity index (χ0n) is 10.6. The summed E-state index contributed by atoms with van der Waals surface area (Å²) in [5.41, 5.74) is 5.18. The van der Waals surface area contributed by atoms with E-state index in [4.69, 9.17) is 0 Å². The fourth-order valence-corrected chi connectivity index (χ4v) is 1.94. The van der Waals surface area contributed by atoms with Crippen LogP contribution in [-0.2, 0) is 10.3 Å². The molecule has 0 saturated carbocycles. The van der Waals surface area contributed by atoms with Crippen molar-refractivity contribution in [1.82, 2.24) is 31.1 Å². The lowest BCUT2D eigenvalue weighted by molar-refractivity contribution is -0.126. The van der Waals surface area contributed by atoms with Gasteiger partial charge in [-0.2, -0.15) is 0 Å². The van der Waals surface area contributed by atoms with Crippen LogP contribution in [0, 0.1) is 5.92 Å². The Bertz CT molecular complexity index is 424. The predicted molar refractivity (Wildman–Crippen MR) is 60.6 cm³/mol. The molecular weight excluding hydrogens is 220 g/mol. The summed E-state index contributed by atoms with van der Waals surface area (Å²) < 4.78 is 1.62. The number of fused-ring (bicyclic) bond motifs is 1. The molecule has 17 heavy (non-hydrogen) atoms. The minimum atomic E-state index is -0.481. The van der Waals surface area contributed by atoms with Crippen LogP contribution in [0.25, 0.3) is 0 Å². The minimum Gasteiger partial charge on any atom is -0.289 e. The van der Waals surface area contributed by atoms with Crippen molar-refractivity contribution < 1.29 is 4.79 Å². The van der Waals surface area contributed by atoms with Crippen molar-refractivity contribution in [1.29, 1.82) is 0 Å². The normalized spacial score (nSPS) is 23.1. The van der Waals surface area contributed by atoms with E-state index in [0.29, 0.717) is 18.2 Å². The zero-order valence-corrected chi connectivity index (χ0v) is 10.6. The van der Waals surface area contributed by atoms with Crippen LogP contribution < -0.4 is 10.9 Å². The van der Waals surface area contributed by atoms with Crippen LogP contribution in [0.3, 0.4) is 0 Å². The number of hydrogen-bond donors (Lipinski definition) is 2. The largest absolute Gasteiger partial charge is 0.289 e. The molecule has 0 bridgehead atoms. The molecule has 7 heteroatoms. The summed E-state index contributed by atoms with van der Waals surface area (Å²) in [7, 11) is 0. The standard InChI is InChI=1S/C10H18N6O/c1-6(2)5-7-8(17)11-13-10(3,4)9-12-14-15-16(7)9/h6-7,13H,5H2,1-4H3,(H,11,17). The van der Waals surface area contributed by atoms with Crippen LogP contribution in [0.5, 0.6) is 0 Å². The lowest BCUT2D eigenvalue weighted by atomic mass is 10.0. The Hall–Kier alpha value is -1.50. The van der Waals surface area contributed by atoms with Crippen LogP contribution in [0.2, 0.25) is 0 Å². The van der Waals surface area contributed by atoms with Gasteiger partial charge in [0.2, 0.25) is 0 Å². The molecule has 0 spiro atoms. The highest BCUT2D eigenvalue weighted by molar-refractivity contribution is 5.80. The van der Waals surface area contributed by atoms with Crippen molar-refractivity contribution in [2.24, 2.45) is 5.92 Å². The third-order valence-corrected chi connectivity index (χ3v) is 2.84. The Morgan fingerprint density at radius 1 is 1.47 bits per heavy atom. The van der Waals surface area contributed by atoms with Crippen molar-refractivity contribution in [3.05, 3.63) is 5.82 Å². The Labute approximate surface area is 99.9 Å². The zero-order chi connectivity index (χ0) is 12.6. The van der Waals surface area contributed by atoms with Gasteiger partial charge in [0, 0.05) is 0 Å². The second-order valence-corrected chi connectivity index (χ2v) is 5.33. The van der Waals surface area contributed by atoms with Gasteiger partial charge in [-0.3, -0.25) is 10.2 Å². The number of hydrazine groups is 1. The van der Waals surface area contributed by atoms with E-state index in [9.17, 15) is 4.79 Å². The lowest BCUT2D eigenvalue weighted by Gasteiger charge is -2.21. The first kappa shape index (κ1) is 12.0. The molecule has 2 N–H and O–H groups in total. The van der Waals surface area contributed by atoms with Crippen molar-refractivity contribution in [3.63, 3.8) is 0 Å². The Morgan fingerprint density at radius 2 is 2.18 bits per heavy atom. The number of nitrogens with one attached hydrogen (secondary N) is 2. The molecule has 1 aromatic heterocycles. The van der Waals surface area contributed by atoms with Gasteiger partial charge >= 0.3 is 0 Å². The van der Waals surface area contributed by atoms with E-state index in [1.54, 1.807) is 4.68 Å². The summed E-state index contributed by atoms with van der Waals surface area (Å²) in [6.07, 6.45) is 0.710. The topological polar surface area (TPSA) is 84.7 Å². The Kier molecular flexibility index (Phi) is 2.86. The van der Waals surface area contributed by atoms with Gasteiger partial charge in [0.1, 0.15) is 6.04 Å².